The Hall–Kier alpha value is -2.75. The number of thiophene rings is 1. The third-order valence-corrected chi connectivity index (χ3v) is 5.93. The van der Waals surface area contributed by atoms with E-state index in [9.17, 15) is 14.4 Å². The van der Waals surface area contributed by atoms with Gasteiger partial charge in [-0.05, 0) is 52.0 Å². The second-order valence-corrected chi connectivity index (χ2v) is 7.86. The zero-order chi connectivity index (χ0) is 21.0. The molecule has 2 atom stereocenters. The van der Waals surface area contributed by atoms with Crippen LogP contribution in [0.3, 0.4) is 0 Å². The maximum absolute atomic E-state index is 12.6. The van der Waals surface area contributed by atoms with Crippen molar-refractivity contribution in [2.45, 2.75) is 58.6 Å². The van der Waals surface area contributed by atoms with Crippen molar-refractivity contribution in [1.29, 1.82) is 0 Å². The SMILES string of the molecule is CCOC(=O)c1c(NC(=O)C(C)OC(=O)C(C)n2cncn2)sc2c1CCCC2. The average molecular weight is 420 g/mol. The number of hydrogen-bond donors (Lipinski definition) is 1. The van der Waals surface area contributed by atoms with Crippen molar-refractivity contribution in [2.24, 2.45) is 0 Å². The summed E-state index contributed by atoms with van der Waals surface area (Å²) in [6.45, 7) is 5.09. The normalized spacial score (nSPS) is 15.1. The molecular formula is C19H24N4O5S. The van der Waals surface area contributed by atoms with Crippen LogP contribution in [0.2, 0.25) is 0 Å². The van der Waals surface area contributed by atoms with Gasteiger partial charge in [-0.3, -0.25) is 4.79 Å². The monoisotopic (exact) mass is 420 g/mol. The Bertz CT molecular complexity index is 893. The van der Waals surface area contributed by atoms with Gasteiger partial charge in [0.25, 0.3) is 5.91 Å². The first kappa shape index (κ1) is 21.0. The van der Waals surface area contributed by atoms with E-state index in [0.717, 1.165) is 36.1 Å². The van der Waals surface area contributed by atoms with Gasteiger partial charge in [0.05, 0.1) is 12.2 Å². The summed E-state index contributed by atoms with van der Waals surface area (Å²) in [5, 5.41) is 7.10. The van der Waals surface area contributed by atoms with Crippen LogP contribution >= 0.6 is 11.3 Å². The van der Waals surface area contributed by atoms with Crippen LogP contribution in [0.5, 0.6) is 0 Å². The highest BCUT2D eigenvalue weighted by atomic mass is 32.1. The zero-order valence-corrected chi connectivity index (χ0v) is 17.5. The molecule has 0 fully saturated rings. The van der Waals surface area contributed by atoms with Gasteiger partial charge in [0.15, 0.2) is 6.10 Å². The number of nitrogens with zero attached hydrogens (tertiary/aromatic N) is 3. The number of aromatic nitrogens is 3. The minimum Gasteiger partial charge on any atom is -0.462 e. The second kappa shape index (κ2) is 9.17. The topological polar surface area (TPSA) is 112 Å². The van der Waals surface area contributed by atoms with Crippen LogP contribution in [-0.2, 0) is 31.9 Å². The molecule has 29 heavy (non-hydrogen) atoms. The van der Waals surface area contributed by atoms with E-state index in [2.05, 4.69) is 15.4 Å². The molecule has 1 aliphatic rings. The number of fused-ring (bicyclic) bond motifs is 1. The number of carbonyl (C=O) groups is 3. The molecule has 0 saturated carbocycles. The summed E-state index contributed by atoms with van der Waals surface area (Å²) in [7, 11) is 0. The standard InChI is InChI=1S/C19H24N4O5S/c1-4-27-19(26)15-13-7-5-6-8-14(13)29-17(15)22-16(24)12(3)28-18(25)11(2)23-10-20-9-21-23/h9-12H,4-8H2,1-3H3,(H,22,24). The molecule has 0 saturated heterocycles. The summed E-state index contributed by atoms with van der Waals surface area (Å²) >= 11 is 1.39. The van der Waals surface area contributed by atoms with Crippen molar-refractivity contribution >= 4 is 34.2 Å². The van der Waals surface area contributed by atoms with Crippen LogP contribution in [-0.4, -0.2) is 45.3 Å². The first-order valence-corrected chi connectivity index (χ1v) is 10.4. The molecule has 2 aromatic rings. The molecule has 0 spiro atoms. The Morgan fingerprint density at radius 2 is 2.03 bits per heavy atom. The van der Waals surface area contributed by atoms with E-state index >= 15 is 0 Å². The lowest BCUT2D eigenvalue weighted by Crippen LogP contribution is -2.32. The van der Waals surface area contributed by atoms with E-state index in [0.29, 0.717) is 10.6 Å². The molecular weight excluding hydrogens is 396 g/mol. The molecule has 1 aliphatic carbocycles. The molecule has 3 rings (SSSR count). The number of nitrogens with one attached hydrogen (secondary N) is 1. The number of ether oxygens (including phenoxy) is 2. The predicted octanol–water partition coefficient (Wildman–Crippen LogP) is 2.53. The Morgan fingerprint density at radius 3 is 2.72 bits per heavy atom. The highest BCUT2D eigenvalue weighted by molar-refractivity contribution is 7.17. The van der Waals surface area contributed by atoms with Gasteiger partial charge in [0.1, 0.15) is 23.7 Å². The average Bonchev–Trinajstić information content (AvgIpc) is 3.35. The molecule has 9 nitrogen and oxygen atoms in total. The highest BCUT2D eigenvalue weighted by Crippen LogP contribution is 2.38. The molecule has 10 heteroatoms. The Labute approximate surface area is 172 Å². The van der Waals surface area contributed by atoms with E-state index in [-0.39, 0.29) is 6.61 Å². The smallest absolute Gasteiger partial charge is 0.341 e. The summed E-state index contributed by atoms with van der Waals surface area (Å²) in [6, 6.07) is -0.711. The van der Waals surface area contributed by atoms with Crippen LogP contribution in [0.15, 0.2) is 12.7 Å². The van der Waals surface area contributed by atoms with E-state index in [1.165, 1.54) is 35.6 Å². The van der Waals surface area contributed by atoms with Crippen molar-refractivity contribution in [3.63, 3.8) is 0 Å². The lowest BCUT2D eigenvalue weighted by atomic mass is 9.95. The first-order valence-electron chi connectivity index (χ1n) is 9.59. The molecule has 0 aromatic carbocycles. The van der Waals surface area contributed by atoms with Gasteiger partial charge in [0, 0.05) is 4.88 Å². The lowest BCUT2D eigenvalue weighted by Gasteiger charge is -2.16. The number of carbonyl (C=O) groups excluding carboxylic acids is 3. The van der Waals surface area contributed by atoms with Crippen molar-refractivity contribution < 1.29 is 23.9 Å². The van der Waals surface area contributed by atoms with Crippen LogP contribution < -0.4 is 5.32 Å². The van der Waals surface area contributed by atoms with Crippen molar-refractivity contribution in [3.05, 3.63) is 28.7 Å². The fraction of sp³-hybridized carbons (Fsp3) is 0.526. The molecule has 2 unspecified atom stereocenters. The number of amides is 1. The van der Waals surface area contributed by atoms with Gasteiger partial charge in [-0.25, -0.2) is 19.3 Å². The fourth-order valence-corrected chi connectivity index (χ4v) is 4.42. The van der Waals surface area contributed by atoms with E-state index in [1.807, 2.05) is 0 Å². The number of hydrogen-bond acceptors (Lipinski definition) is 8. The number of esters is 2. The van der Waals surface area contributed by atoms with Crippen LogP contribution in [0.4, 0.5) is 5.00 Å². The fourth-order valence-electron chi connectivity index (χ4n) is 3.14. The molecule has 1 amide bonds. The van der Waals surface area contributed by atoms with Crippen LogP contribution in [0.1, 0.15) is 60.5 Å². The molecule has 156 valence electrons. The zero-order valence-electron chi connectivity index (χ0n) is 16.6. The van der Waals surface area contributed by atoms with Gasteiger partial charge in [0.2, 0.25) is 0 Å². The predicted molar refractivity (Wildman–Crippen MR) is 106 cm³/mol. The van der Waals surface area contributed by atoms with E-state index < -0.39 is 30.0 Å². The first-order chi connectivity index (χ1) is 13.9. The van der Waals surface area contributed by atoms with Gasteiger partial charge in [-0.15, -0.1) is 11.3 Å². The van der Waals surface area contributed by atoms with Gasteiger partial charge >= 0.3 is 11.9 Å². The largest absolute Gasteiger partial charge is 0.462 e. The van der Waals surface area contributed by atoms with Crippen LogP contribution in [0.25, 0.3) is 0 Å². The lowest BCUT2D eigenvalue weighted by molar-refractivity contribution is -0.156. The minimum absolute atomic E-state index is 0.255. The third-order valence-electron chi connectivity index (χ3n) is 4.72. The van der Waals surface area contributed by atoms with Gasteiger partial charge in [-0.2, -0.15) is 5.10 Å². The summed E-state index contributed by atoms with van der Waals surface area (Å²) in [4.78, 5) is 42.3. The molecule has 0 aliphatic heterocycles. The molecule has 0 radical (unpaired) electrons. The summed E-state index contributed by atoms with van der Waals surface area (Å²) in [5.74, 6) is -1.55. The quantitative estimate of drug-likeness (QED) is 0.685. The Kier molecular flexibility index (Phi) is 6.63. The van der Waals surface area contributed by atoms with Crippen molar-refractivity contribution in [2.75, 3.05) is 11.9 Å². The number of aryl methyl sites for hydroxylation is 1. The minimum atomic E-state index is -1.04. The molecule has 0 bridgehead atoms. The highest BCUT2D eigenvalue weighted by Gasteiger charge is 2.29. The van der Waals surface area contributed by atoms with E-state index in [1.54, 1.807) is 13.8 Å². The van der Waals surface area contributed by atoms with Gasteiger partial charge < -0.3 is 14.8 Å². The van der Waals surface area contributed by atoms with Crippen molar-refractivity contribution in [3.8, 4) is 0 Å². The summed E-state index contributed by atoms with van der Waals surface area (Å²) < 4.78 is 11.8. The Balaban J connectivity index is 1.71. The maximum Gasteiger partial charge on any atom is 0.341 e. The molecule has 2 aromatic heterocycles. The maximum atomic E-state index is 12.6. The number of rotatable bonds is 7. The molecule has 1 N–H and O–H groups in total. The Morgan fingerprint density at radius 1 is 1.28 bits per heavy atom. The van der Waals surface area contributed by atoms with Crippen molar-refractivity contribution in [1.82, 2.24) is 14.8 Å². The molecule has 2 heterocycles. The third kappa shape index (κ3) is 4.64. The summed E-state index contributed by atoms with van der Waals surface area (Å²) in [6.07, 6.45) is 5.39. The summed E-state index contributed by atoms with van der Waals surface area (Å²) in [5.41, 5.74) is 1.38. The number of anilines is 1. The van der Waals surface area contributed by atoms with Crippen LogP contribution in [0, 0.1) is 0 Å². The second-order valence-electron chi connectivity index (χ2n) is 6.76. The van der Waals surface area contributed by atoms with Gasteiger partial charge in [-0.1, -0.05) is 0 Å². The van der Waals surface area contributed by atoms with E-state index in [4.69, 9.17) is 9.47 Å².